The van der Waals surface area contributed by atoms with Crippen molar-refractivity contribution in [2.45, 2.75) is 50.6 Å². The van der Waals surface area contributed by atoms with Crippen molar-refractivity contribution in [2.24, 2.45) is 11.7 Å². The van der Waals surface area contributed by atoms with E-state index in [2.05, 4.69) is 20.5 Å². The Hall–Kier alpha value is -2.92. The number of nitrogens with one attached hydrogen (secondary N) is 2. The Morgan fingerprint density at radius 2 is 2.18 bits per heavy atom. The number of pyridine rings is 1. The number of aromatic nitrogens is 3. The Labute approximate surface area is 189 Å². The maximum Gasteiger partial charge on any atom is 0.257 e. The quantitative estimate of drug-likeness (QED) is 0.547. The van der Waals surface area contributed by atoms with Crippen LogP contribution in [0, 0.1) is 5.92 Å². The number of likely N-dealkylation sites (tertiary alicyclic amines) is 1. The smallest absolute Gasteiger partial charge is 0.257 e. The van der Waals surface area contributed by atoms with Crippen molar-refractivity contribution in [2.75, 3.05) is 25.0 Å². The van der Waals surface area contributed by atoms with Crippen molar-refractivity contribution in [3.63, 3.8) is 0 Å². The molecule has 4 rings (SSSR count). The third-order valence-corrected chi connectivity index (χ3v) is 6.27. The van der Waals surface area contributed by atoms with E-state index in [0.29, 0.717) is 24.0 Å². The highest BCUT2D eigenvalue weighted by Crippen LogP contribution is 2.40. The maximum atomic E-state index is 14.7. The molecule has 1 amide bonds. The van der Waals surface area contributed by atoms with Crippen LogP contribution in [-0.4, -0.2) is 57.6 Å². The monoisotopic (exact) mass is 462 g/mol. The van der Waals surface area contributed by atoms with Crippen molar-refractivity contribution in [3.8, 4) is 5.88 Å². The maximum absolute atomic E-state index is 14.7. The number of nitrogens with two attached hydrogens (primary N) is 1. The van der Waals surface area contributed by atoms with Crippen LogP contribution in [0.5, 0.6) is 5.88 Å². The van der Waals surface area contributed by atoms with E-state index in [1.807, 2.05) is 0 Å². The van der Waals surface area contributed by atoms with Gasteiger partial charge in [0.1, 0.15) is 0 Å². The van der Waals surface area contributed by atoms with Gasteiger partial charge in [-0.2, -0.15) is 0 Å². The van der Waals surface area contributed by atoms with Gasteiger partial charge in [-0.25, -0.2) is 8.78 Å². The molecule has 1 aliphatic carbocycles. The van der Waals surface area contributed by atoms with Crippen LogP contribution in [0.25, 0.3) is 0 Å². The largest absolute Gasteiger partial charge is 0.476 e. The lowest BCUT2D eigenvalue weighted by Crippen LogP contribution is -2.52. The Morgan fingerprint density at radius 1 is 1.39 bits per heavy atom. The number of halogens is 2. The van der Waals surface area contributed by atoms with Crippen LogP contribution in [-0.2, 0) is 11.3 Å². The van der Waals surface area contributed by atoms with Gasteiger partial charge in [0.05, 0.1) is 18.6 Å². The van der Waals surface area contributed by atoms with Crippen molar-refractivity contribution in [3.05, 3.63) is 45.9 Å². The molecule has 0 spiro atoms. The van der Waals surface area contributed by atoms with E-state index in [-0.39, 0.29) is 36.9 Å². The van der Waals surface area contributed by atoms with Crippen LogP contribution < -0.4 is 21.3 Å². The van der Waals surface area contributed by atoms with E-state index in [4.69, 9.17) is 10.5 Å². The summed E-state index contributed by atoms with van der Waals surface area (Å²) in [5, 5.41) is 10.6. The molecular formula is C22H28F2N6O3. The summed E-state index contributed by atoms with van der Waals surface area (Å²) < 4.78 is 35.0. The molecule has 2 aliphatic rings. The van der Waals surface area contributed by atoms with Crippen LogP contribution in [0.15, 0.2) is 29.2 Å². The normalized spacial score (nSPS) is 21.4. The molecule has 1 saturated carbocycles. The first kappa shape index (κ1) is 23.2. The molecule has 4 N–H and O–H groups in total. The number of H-pyrrole nitrogens is 1. The molecule has 0 bridgehead atoms. The van der Waals surface area contributed by atoms with E-state index in [9.17, 15) is 18.4 Å². The topological polar surface area (TPSA) is 126 Å². The van der Waals surface area contributed by atoms with Gasteiger partial charge in [-0.15, -0.1) is 10.2 Å². The molecule has 2 aromatic rings. The highest BCUT2D eigenvalue weighted by molar-refractivity contribution is 5.93. The number of hydrogen-bond donors (Lipinski definition) is 3. The fourth-order valence-electron chi connectivity index (χ4n) is 3.88. The number of hydrogen-bond acceptors (Lipinski definition) is 7. The summed E-state index contributed by atoms with van der Waals surface area (Å²) in [5.41, 5.74) is 5.71. The molecule has 1 saturated heterocycles. The molecule has 0 radical (unpaired) electrons. The molecule has 0 unspecified atom stereocenters. The van der Waals surface area contributed by atoms with Crippen molar-refractivity contribution in [1.29, 1.82) is 0 Å². The second-order valence-electron chi connectivity index (χ2n) is 8.73. The SMILES string of the molecule is C[C@@H](C(=O)Nc1ccc(OCC2CC2)nn1)N1CCC(F)(F)[C@@H](c2c[nH]c(=O)c(CN)c2)C1. The Bertz CT molecular complexity index is 1040. The standard InChI is InChI=1S/C22H28F2N6O3/c1-13(20(31)27-18-4-5-19(29-28-18)33-12-14-2-3-14)30-7-6-22(23,24)17(11-30)16-8-15(9-25)21(32)26-10-16/h4-5,8,10,13-14,17H,2-3,6-7,9,11-12,25H2,1H3,(H,26,32)(H,27,28,31)/t13-,17+/m0/s1. The number of carbonyl (C=O) groups excluding carboxylic acids is 1. The van der Waals surface area contributed by atoms with Crippen LogP contribution in [0.2, 0.25) is 0 Å². The van der Waals surface area contributed by atoms with E-state index in [1.165, 1.54) is 25.1 Å². The van der Waals surface area contributed by atoms with Crippen molar-refractivity contribution < 1.29 is 18.3 Å². The van der Waals surface area contributed by atoms with Gasteiger partial charge in [0.2, 0.25) is 11.8 Å². The molecule has 11 heteroatoms. The van der Waals surface area contributed by atoms with Crippen molar-refractivity contribution in [1.82, 2.24) is 20.1 Å². The molecule has 3 heterocycles. The number of carbonyl (C=O) groups is 1. The number of amides is 1. The molecule has 2 atom stereocenters. The van der Waals surface area contributed by atoms with Gasteiger partial charge in [0.25, 0.3) is 11.5 Å². The predicted molar refractivity (Wildman–Crippen MR) is 117 cm³/mol. The Balaban J connectivity index is 1.40. The first-order valence-electron chi connectivity index (χ1n) is 11.1. The lowest BCUT2D eigenvalue weighted by atomic mass is 9.86. The third-order valence-electron chi connectivity index (χ3n) is 6.27. The zero-order chi connectivity index (χ0) is 23.6. The zero-order valence-electron chi connectivity index (χ0n) is 18.4. The Kier molecular flexibility index (Phi) is 6.71. The Morgan fingerprint density at radius 3 is 2.85 bits per heavy atom. The van der Waals surface area contributed by atoms with Crippen LogP contribution >= 0.6 is 0 Å². The first-order chi connectivity index (χ1) is 15.8. The second-order valence-corrected chi connectivity index (χ2v) is 8.73. The lowest BCUT2D eigenvalue weighted by Gasteiger charge is -2.40. The van der Waals surface area contributed by atoms with Gasteiger partial charge in [0.15, 0.2) is 5.82 Å². The number of piperidine rings is 1. The second kappa shape index (κ2) is 9.52. The van der Waals surface area contributed by atoms with Crippen LogP contribution in [0.3, 0.4) is 0 Å². The molecule has 1 aliphatic heterocycles. The van der Waals surface area contributed by atoms with Gasteiger partial charge < -0.3 is 20.8 Å². The van der Waals surface area contributed by atoms with Gasteiger partial charge in [-0.3, -0.25) is 14.5 Å². The summed E-state index contributed by atoms with van der Waals surface area (Å²) in [7, 11) is 0. The number of ether oxygens (including phenoxy) is 1. The summed E-state index contributed by atoms with van der Waals surface area (Å²) in [6, 6.07) is 3.99. The summed E-state index contributed by atoms with van der Waals surface area (Å²) in [6.45, 7) is 2.24. The average molecular weight is 463 g/mol. The summed E-state index contributed by atoms with van der Waals surface area (Å²) >= 11 is 0. The lowest BCUT2D eigenvalue weighted by molar-refractivity contribution is -0.125. The van der Waals surface area contributed by atoms with Crippen molar-refractivity contribution >= 4 is 11.7 Å². The third kappa shape index (κ3) is 5.53. The van der Waals surface area contributed by atoms with E-state index >= 15 is 0 Å². The minimum Gasteiger partial charge on any atom is -0.476 e. The molecule has 33 heavy (non-hydrogen) atoms. The van der Waals surface area contributed by atoms with Gasteiger partial charge in [-0.05, 0) is 43.4 Å². The minimum absolute atomic E-state index is 0.0444. The van der Waals surface area contributed by atoms with Gasteiger partial charge in [0, 0.05) is 43.9 Å². The molecule has 2 fully saturated rings. The summed E-state index contributed by atoms with van der Waals surface area (Å²) in [5.74, 6) is -3.27. The molecule has 9 nitrogen and oxygen atoms in total. The average Bonchev–Trinajstić information content (AvgIpc) is 3.63. The minimum atomic E-state index is -2.97. The first-order valence-corrected chi connectivity index (χ1v) is 11.1. The van der Waals surface area contributed by atoms with Gasteiger partial charge in [-0.1, -0.05) is 0 Å². The highest BCUT2D eigenvalue weighted by atomic mass is 19.3. The number of rotatable bonds is 8. The predicted octanol–water partition coefficient (Wildman–Crippen LogP) is 1.86. The molecular weight excluding hydrogens is 434 g/mol. The molecule has 2 aromatic heterocycles. The number of alkyl halides is 2. The molecule has 178 valence electrons. The fourth-order valence-corrected chi connectivity index (χ4v) is 3.88. The van der Waals surface area contributed by atoms with E-state index < -0.39 is 29.9 Å². The number of aromatic amines is 1. The van der Waals surface area contributed by atoms with Crippen LogP contribution in [0.4, 0.5) is 14.6 Å². The zero-order valence-corrected chi connectivity index (χ0v) is 18.4. The number of anilines is 1. The highest BCUT2D eigenvalue weighted by Gasteiger charge is 2.46. The van der Waals surface area contributed by atoms with E-state index in [1.54, 1.807) is 24.0 Å². The van der Waals surface area contributed by atoms with E-state index in [0.717, 1.165) is 0 Å². The fraction of sp³-hybridized carbons (Fsp3) is 0.545. The summed E-state index contributed by atoms with van der Waals surface area (Å²) in [6.07, 6.45) is 3.23. The molecule has 0 aromatic carbocycles. The van der Waals surface area contributed by atoms with Crippen LogP contribution in [0.1, 0.15) is 43.2 Å². The van der Waals surface area contributed by atoms with Gasteiger partial charge >= 0.3 is 0 Å². The number of nitrogens with zero attached hydrogens (tertiary/aromatic N) is 3. The summed E-state index contributed by atoms with van der Waals surface area (Å²) in [4.78, 5) is 28.7.